The van der Waals surface area contributed by atoms with Gasteiger partial charge in [0.25, 0.3) is 0 Å². The molecule has 1 aliphatic heterocycles. The lowest BCUT2D eigenvalue weighted by Gasteiger charge is -2.21. The summed E-state index contributed by atoms with van der Waals surface area (Å²) in [6.07, 6.45) is 2.54. The van der Waals surface area contributed by atoms with Crippen molar-refractivity contribution < 1.29 is 4.74 Å². The van der Waals surface area contributed by atoms with Gasteiger partial charge in [-0.2, -0.15) is 11.8 Å². The van der Waals surface area contributed by atoms with Crippen molar-refractivity contribution in [2.45, 2.75) is 32.8 Å². The monoisotopic (exact) mass is 224 g/mol. The molecule has 0 aliphatic carbocycles. The van der Waals surface area contributed by atoms with Gasteiger partial charge in [0.1, 0.15) is 6.10 Å². The highest BCUT2D eigenvalue weighted by Gasteiger charge is 2.16. The zero-order valence-electron chi connectivity index (χ0n) is 9.19. The van der Waals surface area contributed by atoms with E-state index < -0.39 is 0 Å². The topological polar surface area (TPSA) is 35.0 Å². The van der Waals surface area contributed by atoms with Crippen LogP contribution < -0.4 is 4.74 Å². The molecule has 82 valence electrons. The summed E-state index contributed by atoms with van der Waals surface area (Å²) in [6.45, 7) is 3.94. The maximum absolute atomic E-state index is 5.78. The minimum absolute atomic E-state index is 0.312. The van der Waals surface area contributed by atoms with E-state index in [4.69, 9.17) is 4.74 Å². The van der Waals surface area contributed by atoms with Gasteiger partial charge in [-0.1, -0.05) is 0 Å². The fraction of sp³-hybridized carbons (Fsp3) is 0.636. The van der Waals surface area contributed by atoms with Gasteiger partial charge in [0.15, 0.2) is 0 Å². The van der Waals surface area contributed by atoms with Gasteiger partial charge >= 0.3 is 6.01 Å². The van der Waals surface area contributed by atoms with E-state index in [1.807, 2.05) is 31.7 Å². The molecule has 0 bridgehead atoms. The minimum Gasteiger partial charge on any atom is -0.460 e. The second kappa shape index (κ2) is 4.84. The van der Waals surface area contributed by atoms with E-state index >= 15 is 0 Å². The fourth-order valence-corrected chi connectivity index (χ4v) is 2.75. The van der Waals surface area contributed by atoms with E-state index in [2.05, 4.69) is 9.97 Å². The van der Waals surface area contributed by atoms with Crippen LogP contribution in [0.3, 0.4) is 0 Å². The van der Waals surface area contributed by atoms with E-state index in [0.717, 1.165) is 24.2 Å². The highest BCUT2D eigenvalue weighted by atomic mass is 32.2. The van der Waals surface area contributed by atoms with Gasteiger partial charge < -0.3 is 4.74 Å². The van der Waals surface area contributed by atoms with Gasteiger partial charge in [0, 0.05) is 11.4 Å². The normalized spacial score (nSPS) is 17.7. The number of hydrogen-bond acceptors (Lipinski definition) is 4. The summed E-state index contributed by atoms with van der Waals surface area (Å²) in [5.74, 6) is 2.38. The first-order chi connectivity index (χ1) is 7.24. The summed E-state index contributed by atoms with van der Waals surface area (Å²) >= 11 is 1.99. The van der Waals surface area contributed by atoms with Crippen LogP contribution in [0.5, 0.6) is 6.01 Å². The zero-order chi connectivity index (χ0) is 10.7. The van der Waals surface area contributed by atoms with Crippen LogP contribution in [-0.2, 0) is 0 Å². The second-order valence-electron chi connectivity index (χ2n) is 3.86. The zero-order valence-corrected chi connectivity index (χ0v) is 10.0. The van der Waals surface area contributed by atoms with Gasteiger partial charge in [-0.15, -0.1) is 0 Å². The molecule has 15 heavy (non-hydrogen) atoms. The first-order valence-corrected chi connectivity index (χ1v) is 6.46. The van der Waals surface area contributed by atoms with Crippen LogP contribution in [-0.4, -0.2) is 27.6 Å². The average Bonchev–Trinajstić information content (AvgIpc) is 2.17. The third-order valence-corrected chi connectivity index (χ3v) is 3.45. The molecular formula is C11H16N2OS. The van der Waals surface area contributed by atoms with Gasteiger partial charge in [-0.05, 0) is 44.3 Å². The molecule has 2 heterocycles. The Kier molecular flexibility index (Phi) is 3.46. The maximum Gasteiger partial charge on any atom is 0.317 e. The molecule has 1 fully saturated rings. The maximum atomic E-state index is 5.78. The largest absolute Gasteiger partial charge is 0.460 e. The predicted molar refractivity (Wildman–Crippen MR) is 62.5 cm³/mol. The Morgan fingerprint density at radius 2 is 1.80 bits per heavy atom. The quantitative estimate of drug-likeness (QED) is 0.772. The van der Waals surface area contributed by atoms with Crippen LogP contribution in [0.15, 0.2) is 6.07 Å². The summed E-state index contributed by atoms with van der Waals surface area (Å²) in [4.78, 5) is 8.58. The Bertz CT molecular complexity index is 317. The first-order valence-electron chi connectivity index (χ1n) is 5.31. The molecule has 0 atom stereocenters. The van der Waals surface area contributed by atoms with Gasteiger partial charge in [0.2, 0.25) is 0 Å². The van der Waals surface area contributed by atoms with Gasteiger partial charge in [-0.25, -0.2) is 9.97 Å². The van der Waals surface area contributed by atoms with Crippen molar-refractivity contribution in [3.05, 3.63) is 17.5 Å². The van der Waals surface area contributed by atoms with Crippen molar-refractivity contribution in [2.24, 2.45) is 0 Å². The third-order valence-electron chi connectivity index (χ3n) is 2.40. The number of thioether (sulfide) groups is 1. The summed E-state index contributed by atoms with van der Waals surface area (Å²) in [5, 5.41) is 0. The minimum atomic E-state index is 0.312. The highest BCUT2D eigenvalue weighted by molar-refractivity contribution is 7.99. The number of nitrogens with zero attached hydrogens (tertiary/aromatic N) is 2. The summed E-state index contributed by atoms with van der Waals surface area (Å²) < 4.78 is 5.78. The standard InChI is InChI=1S/C11H16N2OS/c1-8-7-9(2)13-11(12-8)14-10-3-5-15-6-4-10/h7,10H,3-6H2,1-2H3. The van der Waals surface area contributed by atoms with E-state index in [-0.39, 0.29) is 0 Å². The predicted octanol–water partition coefficient (Wildman–Crippen LogP) is 2.37. The number of ether oxygens (including phenoxy) is 1. The lowest BCUT2D eigenvalue weighted by Crippen LogP contribution is -2.23. The van der Waals surface area contributed by atoms with Crippen molar-refractivity contribution in [1.29, 1.82) is 0 Å². The molecule has 4 heteroatoms. The van der Waals surface area contributed by atoms with Gasteiger partial charge in [0.05, 0.1) is 0 Å². The van der Waals surface area contributed by atoms with Crippen LogP contribution >= 0.6 is 11.8 Å². The van der Waals surface area contributed by atoms with E-state index in [9.17, 15) is 0 Å². The Morgan fingerprint density at radius 1 is 1.20 bits per heavy atom. The molecule has 0 N–H and O–H groups in total. The summed E-state index contributed by atoms with van der Waals surface area (Å²) in [5.41, 5.74) is 1.95. The number of hydrogen-bond donors (Lipinski definition) is 0. The van der Waals surface area contributed by atoms with Crippen molar-refractivity contribution in [3.8, 4) is 6.01 Å². The SMILES string of the molecule is Cc1cc(C)nc(OC2CCSCC2)n1. The fourth-order valence-electron chi connectivity index (χ4n) is 1.69. The molecule has 0 saturated carbocycles. The average molecular weight is 224 g/mol. The Labute approximate surface area is 94.7 Å². The Balaban J connectivity index is 2.02. The molecule has 0 unspecified atom stereocenters. The van der Waals surface area contributed by atoms with E-state index in [1.165, 1.54) is 11.5 Å². The lowest BCUT2D eigenvalue weighted by molar-refractivity contribution is 0.175. The number of aromatic nitrogens is 2. The highest BCUT2D eigenvalue weighted by Crippen LogP contribution is 2.20. The van der Waals surface area contributed by atoms with Crippen LogP contribution in [0.4, 0.5) is 0 Å². The summed E-state index contributed by atoms with van der Waals surface area (Å²) in [6, 6.07) is 2.51. The van der Waals surface area contributed by atoms with Crippen molar-refractivity contribution in [1.82, 2.24) is 9.97 Å². The molecule has 0 aromatic carbocycles. The van der Waals surface area contributed by atoms with Crippen molar-refractivity contribution in [3.63, 3.8) is 0 Å². The van der Waals surface area contributed by atoms with Crippen LogP contribution in [0.2, 0.25) is 0 Å². The Hall–Kier alpha value is -0.770. The summed E-state index contributed by atoms with van der Waals surface area (Å²) in [7, 11) is 0. The molecule has 1 aromatic heterocycles. The third kappa shape index (κ3) is 3.09. The smallest absolute Gasteiger partial charge is 0.317 e. The molecular weight excluding hydrogens is 208 g/mol. The molecule has 1 aliphatic rings. The molecule has 0 amide bonds. The molecule has 0 spiro atoms. The second-order valence-corrected chi connectivity index (χ2v) is 5.09. The van der Waals surface area contributed by atoms with Gasteiger partial charge in [-0.3, -0.25) is 0 Å². The first kappa shape index (κ1) is 10.7. The van der Waals surface area contributed by atoms with Crippen LogP contribution in [0.25, 0.3) is 0 Å². The van der Waals surface area contributed by atoms with E-state index in [0.29, 0.717) is 12.1 Å². The molecule has 1 saturated heterocycles. The van der Waals surface area contributed by atoms with Crippen LogP contribution in [0, 0.1) is 13.8 Å². The Morgan fingerprint density at radius 3 is 2.40 bits per heavy atom. The molecule has 3 nitrogen and oxygen atoms in total. The number of rotatable bonds is 2. The molecule has 1 aromatic rings. The van der Waals surface area contributed by atoms with E-state index in [1.54, 1.807) is 0 Å². The van der Waals surface area contributed by atoms with Crippen molar-refractivity contribution >= 4 is 11.8 Å². The molecule has 0 radical (unpaired) electrons. The van der Waals surface area contributed by atoms with Crippen molar-refractivity contribution in [2.75, 3.05) is 11.5 Å². The molecule has 2 rings (SSSR count). The number of aryl methyl sites for hydroxylation is 2. The van der Waals surface area contributed by atoms with Crippen LogP contribution in [0.1, 0.15) is 24.2 Å². The lowest BCUT2D eigenvalue weighted by atomic mass is 10.2.